The van der Waals surface area contributed by atoms with Crippen molar-refractivity contribution in [1.82, 2.24) is 4.90 Å². The Morgan fingerprint density at radius 2 is 1.16 bits per heavy atom. The SMILES string of the molecule is CC(=O)OC[C@H]1O[C@H](OC(C)=O)[C@H](N2C(=O)c3c(Cl)c(Cl)c(Cl)c(Cl)c3C2=O)[C@@H](OC(C)=O)[C@H]1OC(C)=O. The summed E-state index contributed by atoms with van der Waals surface area (Å²) >= 11 is 24.6. The maximum Gasteiger partial charge on any atom is 0.305 e. The highest BCUT2D eigenvalue weighted by Gasteiger charge is 2.59. The molecule has 16 heteroatoms. The van der Waals surface area contributed by atoms with Gasteiger partial charge in [0.1, 0.15) is 18.8 Å². The largest absolute Gasteiger partial charge is 0.463 e. The lowest BCUT2D eigenvalue weighted by molar-refractivity contribution is -0.278. The third kappa shape index (κ3) is 5.69. The molecule has 3 rings (SSSR count). The van der Waals surface area contributed by atoms with Crippen LogP contribution in [0, 0.1) is 0 Å². The van der Waals surface area contributed by atoms with Crippen molar-refractivity contribution in [2.45, 2.75) is 58.3 Å². The van der Waals surface area contributed by atoms with Gasteiger partial charge in [-0.1, -0.05) is 46.4 Å². The fourth-order valence-corrected chi connectivity index (χ4v) is 5.07. The van der Waals surface area contributed by atoms with E-state index in [9.17, 15) is 28.8 Å². The predicted molar refractivity (Wildman–Crippen MR) is 129 cm³/mol. The molecule has 2 aliphatic heterocycles. The van der Waals surface area contributed by atoms with Crippen LogP contribution in [-0.2, 0) is 42.9 Å². The normalized spacial score (nSPS) is 24.5. The molecule has 0 bridgehead atoms. The molecular formula is C22H19Cl4NO11. The van der Waals surface area contributed by atoms with Gasteiger partial charge in [0.25, 0.3) is 11.8 Å². The first-order valence-corrected chi connectivity index (χ1v) is 12.2. The van der Waals surface area contributed by atoms with Gasteiger partial charge in [-0.3, -0.25) is 33.7 Å². The van der Waals surface area contributed by atoms with E-state index in [1.165, 1.54) is 0 Å². The molecule has 0 saturated carbocycles. The standard InChI is InChI=1S/C22H19Cl4NO11/c1-6(28)34-5-10-18(35-7(2)29)19(36-8(3)30)17(22(38-10)37-9(4)31)27-20(32)11-12(21(27)33)14(24)16(26)15(25)13(11)23/h10,17-19,22H,5H2,1-4H3/t10-,17-,18+,19-,22+/m1/s1. The average molecular weight is 615 g/mol. The molecule has 1 saturated heterocycles. The van der Waals surface area contributed by atoms with Crippen LogP contribution in [0.1, 0.15) is 48.4 Å². The fraction of sp³-hybridized carbons (Fsp3) is 0.455. The number of amides is 2. The summed E-state index contributed by atoms with van der Waals surface area (Å²) in [5, 5.41) is -1.36. The fourth-order valence-electron chi connectivity index (χ4n) is 4.05. The molecule has 12 nitrogen and oxygen atoms in total. The van der Waals surface area contributed by atoms with Gasteiger partial charge in [-0.15, -0.1) is 0 Å². The summed E-state index contributed by atoms with van der Waals surface area (Å²) in [4.78, 5) is 75.2. The molecular weight excluding hydrogens is 596 g/mol. The Bertz CT molecular complexity index is 1190. The number of hydrogen-bond donors (Lipinski definition) is 0. The Morgan fingerprint density at radius 1 is 0.711 bits per heavy atom. The Hall–Kier alpha value is -2.64. The van der Waals surface area contributed by atoms with Gasteiger partial charge in [-0.2, -0.15) is 0 Å². The van der Waals surface area contributed by atoms with Crippen molar-refractivity contribution in [3.05, 3.63) is 31.2 Å². The van der Waals surface area contributed by atoms with E-state index in [-0.39, 0.29) is 20.1 Å². The van der Waals surface area contributed by atoms with Crippen LogP contribution in [-0.4, -0.2) is 77.8 Å². The number of nitrogens with zero attached hydrogens (tertiary/aromatic N) is 1. The maximum absolute atomic E-state index is 13.6. The third-order valence-electron chi connectivity index (χ3n) is 5.38. The van der Waals surface area contributed by atoms with Crippen LogP contribution in [0.15, 0.2) is 0 Å². The molecule has 1 aromatic rings. The minimum absolute atomic E-state index is 0.299. The van der Waals surface area contributed by atoms with Gasteiger partial charge in [0.15, 0.2) is 12.2 Å². The molecule has 0 N–H and O–H groups in total. The average Bonchev–Trinajstić information content (AvgIpc) is 3.06. The number of carbonyl (C=O) groups excluding carboxylic acids is 6. The number of carbonyl (C=O) groups is 6. The van der Waals surface area contributed by atoms with E-state index >= 15 is 0 Å². The summed E-state index contributed by atoms with van der Waals surface area (Å²) in [6, 6.07) is -1.74. The van der Waals surface area contributed by atoms with Crippen molar-refractivity contribution in [3.63, 3.8) is 0 Å². The van der Waals surface area contributed by atoms with Gasteiger partial charge >= 0.3 is 23.9 Å². The molecule has 0 spiro atoms. The summed E-state index contributed by atoms with van der Waals surface area (Å²) < 4.78 is 26.6. The number of imide groups is 1. The molecule has 1 aromatic carbocycles. The van der Waals surface area contributed by atoms with Crippen LogP contribution < -0.4 is 0 Å². The van der Waals surface area contributed by atoms with Gasteiger partial charge < -0.3 is 23.7 Å². The summed E-state index contributed by atoms with van der Waals surface area (Å²) in [6.07, 6.45) is -6.38. The van der Waals surface area contributed by atoms with Gasteiger partial charge in [-0.05, 0) is 0 Å². The lowest BCUT2D eigenvalue weighted by Crippen LogP contribution is -2.67. The minimum Gasteiger partial charge on any atom is -0.463 e. The monoisotopic (exact) mass is 613 g/mol. The van der Waals surface area contributed by atoms with Crippen LogP contribution in [0.25, 0.3) is 0 Å². The van der Waals surface area contributed by atoms with E-state index in [1.54, 1.807) is 0 Å². The molecule has 0 aliphatic carbocycles. The Balaban J connectivity index is 2.21. The molecule has 1 fully saturated rings. The van der Waals surface area contributed by atoms with E-state index in [4.69, 9.17) is 70.1 Å². The lowest BCUT2D eigenvalue weighted by atomic mass is 9.94. The highest BCUT2D eigenvalue weighted by molar-refractivity contribution is 6.55. The number of benzene rings is 1. The van der Waals surface area contributed by atoms with E-state index < -0.39 is 84.1 Å². The van der Waals surface area contributed by atoms with Gasteiger partial charge in [0, 0.05) is 27.7 Å². The van der Waals surface area contributed by atoms with Crippen molar-refractivity contribution >= 4 is 82.1 Å². The summed E-state index contributed by atoms with van der Waals surface area (Å²) in [7, 11) is 0. The number of hydrogen-bond acceptors (Lipinski definition) is 11. The van der Waals surface area contributed by atoms with Gasteiger partial charge in [0.2, 0.25) is 6.29 Å². The first-order valence-electron chi connectivity index (χ1n) is 10.7. The zero-order valence-corrected chi connectivity index (χ0v) is 23.1. The second-order valence-electron chi connectivity index (χ2n) is 8.08. The Morgan fingerprint density at radius 3 is 1.58 bits per heavy atom. The highest BCUT2D eigenvalue weighted by atomic mass is 35.5. The van der Waals surface area contributed by atoms with Crippen molar-refractivity contribution < 1.29 is 52.5 Å². The third-order valence-corrected chi connectivity index (χ3v) is 7.18. The molecule has 0 unspecified atom stereocenters. The van der Waals surface area contributed by atoms with Gasteiger partial charge in [0.05, 0.1) is 31.2 Å². The van der Waals surface area contributed by atoms with Gasteiger partial charge in [-0.25, -0.2) is 0 Å². The predicted octanol–water partition coefficient (Wildman–Crippen LogP) is 2.98. The van der Waals surface area contributed by atoms with E-state index in [1.807, 2.05) is 0 Å². The summed E-state index contributed by atoms with van der Waals surface area (Å²) in [6.45, 7) is 3.61. The quantitative estimate of drug-likeness (QED) is 0.153. The summed E-state index contributed by atoms with van der Waals surface area (Å²) in [5.41, 5.74) is -0.824. The van der Waals surface area contributed by atoms with Crippen molar-refractivity contribution in [2.24, 2.45) is 0 Å². The smallest absolute Gasteiger partial charge is 0.305 e. The number of rotatable bonds is 6. The maximum atomic E-state index is 13.6. The number of ether oxygens (including phenoxy) is 5. The first kappa shape index (κ1) is 29.9. The molecule has 0 aromatic heterocycles. The second-order valence-corrected chi connectivity index (χ2v) is 9.59. The Labute approximate surface area is 235 Å². The first-order chi connectivity index (χ1) is 17.7. The molecule has 206 valence electrons. The van der Waals surface area contributed by atoms with Crippen molar-refractivity contribution in [3.8, 4) is 0 Å². The molecule has 5 atom stereocenters. The van der Waals surface area contributed by atoms with Crippen LogP contribution >= 0.6 is 46.4 Å². The minimum atomic E-state index is -1.80. The molecule has 2 amide bonds. The number of halogens is 4. The lowest BCUT2D eigenvalue weighted by Gasteiger charge is -2.46. The summed E-state index contributed by atoms with van der Waals surface area (Å²) in [5.74, 6) is -5.59. The van der Waals surface area contributed by atoms with Crippen molar-refractivity contribution in [1.29, 1.82) is 0 Å². The zero-order chi connectivity index (χ0) is 28.6. The molecule has 38 heavy (non-hydrogen) atoms. The number of esters is 4. The van der Waals surface area contributed by atoms with Crippen LogP contribution in [0.2, 0.25) is 20.1 Å². The van der Waals surface area contributed by atoms with Crippen molar-refractivity contribution in [2.75, 3.05) is 6.61 Å². The number of fused-ring (bicyclic) bond motifs is 1. The van der Waals surface area contributed by atoms with Crippen LogP contribution in [0.3, 0.4) is 0 Å². The zero-order valence-electron chi connectivity index (χ0n) is 20.0. The Kier molecular flexibility index (Phi) is 9.15. The van der Waals surface area contributed by atoms with Crippen LogP contribution in [0.5, 0.6) is 0 Å². The molecule has 2 aliphatic rings. The van der Waals surface area contributed by atoms with E-state index in [0.717, 1.165) is 27.7 Å². The second kappa shape index (κ2) is 11.6. The molecule has 0 radical (unpaired) electrons. The highest BCUT2D eigenvalue weighted by Crippen LogP contribution is 2.46. The topological polar surface area (TPSA) is 152 Å². The van der Waals surface area contributed by atoms with E-state index in [0.29, 0.717) is 4.90 Å². The molecule has 2 heterocycles. The van der Waals surface area contributed by atoms with Crippen LogP contribution in [0.4, 0.5) is 0 Å². The van der Waals surface area contributed by atoms with E-state index in [2.05, 4.69) is 0 Å².